The number of amides is 1. The maximum Gasteiger partial charge on any atom is 0.339 e. The van der Waals surface area contributed by atoms with Gasteiger partial charge >= 0.3 is 5.97 Å². The fourth-order valence-electron chi connectivity index (χ4n) is 3.20. The summed E-state index contributed by atoms with van der Waals surface area (Å²) in [5.41, 5.74) is 3.64. The molecule has 0 fully saturated rings. The van der Waals surface area contributed by atoms with Gasteiger partial charge in [-0.3, -0.25) is 4.79 Å². The Bertz CT molecular complexity index is 1080. The van der Waals surface area contributed by atoms with E-state index in [0.717, 1.165) is 28.9 Å². The van der Waals surface area contributed by atoms with E-state index in [1.165, 1.54) is 19.2 Å². The Hall–Kier alpha value is -3.35. The van der Waals surface area contributed by atoms with Gasteiger partial charge in [-0.25, -0.2) is 4.79 Å². The zero-order valence-electron chi connectivity index (χ0n) is 17.9. The number of ether oxygens (including phenoxy) is 3. The van der Waals surface area contributed by atoms with Crippen molar-refractivity contribution in [2.45, 2.75) is 12.8 Å². The van der Waals surface area contributed by atoms with Gasteiger partial charge in [0.25, 0.3) is 0 Å². The van der Waals surface area contributed by atoms with Gasteiger partial charge in [-0.05, 0) is 53.4 Å². The quantitative estimate of drug-likeness (QED) is 0.369. The third-order valence-corrected chi connectivity index (χ3v) is 4.93. The summed E-state index contributed by atoms with van der Waals surface area (Å²) in [5, 5.41) is 3.17. The Labute approximate surface area is 192 Å². The maximum atomic E-state index is 12.6. The van der Waals surface area contributed by atoms with Crippen LogP contribution in [0.1, 0.15) is 27.0 Å². The lowest BCUT2D eigenvalue weighted by Gasteiger charge is -2.11. The minimum absolute atomic E-state index is 0.158. The first kappa shape index (κ1) is 23.3. The van der Waals surface area contributed by atoms with Gasteiger partial charge in [-0.1, -0.05) is 48.0 Å². The molecule has 3 aromatic carbocycles. The zero-order valence-corrected chi connectivity index (χ0v) is 18.6. The Morgan fingerprint density at radius 1 is 0.906 bits per heavy atom. The number of hydrogen-bond donors (Lipinski definition) is 1. The number of benzene rings is 3. The van der Waals surface area contributed by atoms with E-state index in [1.807, 2.05) is 48.5 Å². The molecule has 3 rings (SSSR count). The van der Waals surface area contributed by atoms with Crippen LogP contribution in [0.15, 0.2) is 66.7 Å². The van der Waals surface area contributed by atoms with E-state index < -0.39 is 5.97 Å². The first-order chi connectivity index (χ1) is 15.5. The molecule has 0 spiro atoms. The predicted molar refractivity (Wildman–Crippen MR) is 123 cm³/mol. The molecule has 0 unspecified atom stereocenters. The lowest BCUT2D eigenvalue weighted by molar-refractivity contribution is -0.115. The van der Waals surface area contributed by atoms with Gasteiger partial charge in [-0.15, -0.1) is 0 Å². The second-order valence-corrected chi connectivity index (χ2v) is 7.53. The van der Waals surface area contributed by atoms with Crippen molar-refractivity contribution in [2.75, 3.05) is 26.3 Å². The number of anilines is 1. The molecule has 6 nitrogen and oxygen atoms in total. The lowest BCUT2D eigenvalue weighted by atomic mass is 10.0. The summed E-state index contributed by atoms with van der Waals surface area (Å²) >= 11 is 6.02. The Morgan fingerprint density at radius 2 is 1.66 bits per heavy atom. The molecule has 0 aliphatic carbocycles. The zero-order chi connectivity index (χ0) is 22.9. The fourth-order valence-corrected chi connectivity index (χ4v) is 3.38. The van der Waals surface area contributed by atoms with Crippen molar-refractivity contribution < 1.29 is 23.8 Å². The maximum absolute atomic E-state index is 12.6. The van der Waals surface area contributed by atoms with Crippen molar-refractivity contribution in [1.29, 1.82) is 0 Å². The summed E-state index contributed by atoms with van der Waals surface area (Å²) in [6.07, 6.45) is 0.881. The van der Waals surface area contributed by atoms with Crippen LogP contribution in [0, 0.1) is 0 Å². The van der Waals surface area contributed by atoms with E-state index in [1.54, 1.807) is 13.2 Å². The highest BCUT2D eigenvalue weighted by Gasteiger charge is 2.15. The van der Waals surface area contributed by atoms with Crippen LogP contribution in [0.25, 0.3) is 0 Å². The highest BCUT2D eigenvalue weighted by atomic mass is 35.5. The largest absolute Gasteiger partial charge is 0.468 e. The summed E-state index contributed by atoms with van der Waals surface area (Å²) in [5.74, 6) is -0.0554. The third-order valence-electron chi connectivity index (χ3n) is 4.69. The van der Waals surface area contributed by atoms with E-state index in [0.29, 0.717) is 10.7 Å². The van der Waals surface area contributed by atoms with E-state index in [9.17, 15) is 9.59 Å². The van der Waals surface area contributed by atoms with Crippen molar-refractivity contribution in [3.05, 3.63) is 94.0 Å². The molecule has 0 aliphatic heterocycles. The van der Waals surface area contributed by atoms with E-state index in [-0.39, 0.29) is 24.7 Å². The molecular weight excluding hydrogens is 430 g/mol. The van der Waals surface area contributed by atoms with Gasteiger partial charge in [-0.2, -0.15) is 0 Å². The second kappa shape index (κ2) is 11.3. The molecule has 0 heterocycles. The van der Waals surface area contributed by atoms with Crippen molar-refractivity contribution in [3.8, 4) is 5.75 Å². The van der Waals surface area contributed by atoms with Gasteiger partial charge in [0.1, 0.15) is 5.75 Å². The van der Waals surface area contributed by atoms with Crippen LogP contribution in [0.5, 0.6) is 5.75 Å². The molecule has 0 radical (unpaired) electrons. The van der Waals surface area contributed by atoms with Gasteiger partial charge in [0.2, 0.25) is 5.91 Å². The summed E-state index contributed by atoms with van der Waals surface area (Å²) in [4.78, 5) is 24.6. The number of hydrogen-bond acceptors (Lipinski definition) is 5. The van der Waals surface area contributed by atoms with Crippen LogP contribution in [-0.2, 0) is 27.1 Å². The molecule has 1 amide bonds. The molecule has 166 valence electrons. The number of esters is 1. The SMILES string of the molecule is COCOc1ccc(Cc2cccc(CC(=O)Nc3cc(Cl)ccc3C(=O)OC)c2)cc1. The molecule has 7 heteroatoms. The van der Waals surface area contributed by atoms with Crippen LogP contribution in [0.2, 0.25) is 5.02 Å². The monoisotopic (exact) mass is 453 g/mol. The van der Waals surface area contributed by atoms with Gasteiger partial charge in [0, 0.05) is 12.1 Å². The number of carbonyl (C=O) groups is 2. The Kier molecular flexibility index (Phi) is 8.25. The summed E-state index contributed by atoms with van der Waals surface area (Å²) in [7, 11) is 2.86. The first-order valence-electron chi connectivity index (χ1n) is 9.94. The summed E-state index contributed by atoms with van der Waals surface area (Å²) < 4.78 is 15.1. The highest BCUT2D eigenvalue weighted by Crippen LogP contribution is 2.22. The van der Waals surface area contributed by atoms with E-state index >= 15 is 0 Å². The lowest BCUT2D eigenvalue weighted by Crippen LogP contribution is -2.17. The van der Waals surface area contributed by atoms with Crippen molar-refractivity contribution in [3.63, 3.8) is 0 Å². The smallest absolute Gasteiger partial charge is 0.339 e. The van der Waals surface area contributed by atoms with Crippen LogP contribution in [0.4, 0.5) is 5.69 Å². The standard InChI is InChI=1S/C25H24ClNO5/c1-30-16-32-21-9-6-17(7-10-21)12-18-4-3-5-19(13-18)14-24(28)27-23-15-20(26)8-11-22(23)25(29)31-2/h3-11,13,15H,12,14,16H2,1-2H3,(H,27,28). The van der Waals surface area contributed by atoms with Gasteiger partial charge in [0.15, 0.2) is 6.79 Å². The Balaban J connectivity index is 1.65. The summed E-state index contributed by atoms with van der Waals surface area (Å²) in [6, 6.07) is 20.2. The second-order valence-electron chi connectivity index (χ2n) is 7.10. The average molecular weight is 454 g/mol. The molecule has 32 heavy (non-hydrogen) atoms. The van der Waals surface area contributed by atoms with Crippen LogP contribution >= 0.6 is 11.6 Å². The van der Waals surface area contributed by atoms with Crippen LogP contribution in [0.3, 0.4) is 0 Å². The predicted octanol–water partition coefficient (Wildman–Crippen LogP) is 4.88. The molecule has 0 saturated carbocycles. The molecule has 0 saturated heterocycles. The summed E-state index contributed by atoms with van der Waals surface area (Å²) in [6.45, 7) is 0.208. The number of nitrogens with one attached hydrogen (secondary N) is 1. The molecule has 0 atom stereocenters. The Morgan fingerprint density at radius 3 is 2.38 bits per heavy atom. The average Bonchev–Trinajstić information content (AvgIpc) is 2.78. The van der Waals surface area contributed by atoms with Crippen LogP contribution < -0.4 is 10.1 Å². The van der Waals surface area contributed by atoms with Gasteiger partial charge < -0.3 is 19.5 Å². The highest BCUT2D eigenvalue weighted by molar-refractivity contribution is 6.31. The fraction of sp³-hybridized carbons (Fsp3) is 0.200. The molecule has 0 bridgehead atoms. The molecular formula is C25H24ClNO5. The third kappa shape index (κ3) is 6.57. The van der Waals surface area contributed by atoms with Crippen molar-refractivity contribution in [2.24, 2.45) is 0 Å². The normalized spacial score (nSPS) is 10.5. The molecule has 0 aliphatic rings. The number of carbonyl (C=O) groups excluding carboxylic acids is 2. The van der Waals surface area contributed by atoms with Crippen molar-refractivity contribution >= 4 is 29.2 Å². The van der Waals surface area contributed by atoms with E-state index in [4.69, 9.17) is 25.8 Å². The number of methoxy groups -OCH3 is 2. The minimum atomic E-state index is -0.544. The van der Waals surface area contributed by atoms with Crippen LogP contribution in [-0.4, -0.2) is 32.9 Å². The number of halogens is 1. The minimum Gasteiger partial charge on any atom is -0.468 e. The molecule has 3 aromatic rings. The van der Waals surface area contributed by atoms with Gasteiger partial charge in [0.05, 0.1) is 24.8 Å². The topological polar surface area (TPSA) is 73.9 Å². The van der Waals surface area contributed by atoms with Crippen molar-refractivity contribution in [1.82, 2.24) is 0 Å². The molecule has 1 N–H and O–H groups in total. The number of rotatable bonds is 9. The molecule has 0 aromatic heterocycles. The van der Waals surface area contributed by atoms with E-state index in [2.05, 4.69) is 5.32 Å². The first-order valence-corrected chi connectivity index (χ1v) is 10.3.